The van der Waals surface area contributed by atoms with E-state index in [9.17, 15) is 4.79 Å². The van der Waals surface area contributed by atoms with Gasteiger partial charge >= 0.3 is 0 Å². The standard InChI is InChI=1S/C43H52N4O4/c1-44(2)42(34-48,32-35-6-4-3-5-7-35)33-43(36-8-14-39(15-9-36)45-20-26-49-27-21-45,37-10-16-40(17-11-37)46-22-28-50-29-23-46)38-12-18-41(19-13-38)47-24-30-51-31-25-47/h3-19,34H,20-33H2,1-2H3. The van der Waals surface area contributed by atoms with E-state index in [1.807, 2.05) is 20.2 Å². The van der Waals surface area contributed by atoms with Crippen LogP contribution >= 0.6 is 0 Å². The zero-order valence-corrected chi connectivity index (χ0v) is 30.2. The monoisotopic (exact) mass is 688 g/mol. The maximum Gasteiger partial charge on any atom is 0.140 e. The minimum absolute atomic E-state index is 0.552. The molecule has 8 heteroatoms. The second-order valence-corrected chi connectivity index (χ2v) is 14.3. The number of benzene rings is 4. The predicted octanol–water partition coefficient (Wildman–Crippen LogP) is 5.66. The van der Waals surface area contributed by atoms with Gasteiger partial charge in [0.05, 0.1) is 45.2 Å². The molecule has 1 unspecified atom stereocenters. The molecule has 7 rings (SSSR count). The second kappa shape index (κ2) is 16.0. The molecule has 0 aliphatic carbocycles. The highest BCUT2D eigenvalue weighted by atomic mass is 16.5. The van der Waals surface area contributed by atoms with Gasteiger partial charge in [-0.1, -0.05) is 66.7 Å². The molecule has 3 saturated heterocycles. The van der Waals surface area contributed by atoms with E-state index in [-0.39, 0.29) is 0 Å². The number of likely N-dealkylation sites (N-methyl/N-ethyl adjacent to an activating group) is 1. The fraction of sp³-hybridized carbons (Fsp3) is 0.419. The lowest BCUT2D eigenvalue weighted by molar-refractivity contribution is -0.118. The zero-order chi connectivity index (χ0) is 35.1. The summed E-state index contributed by atoms with van der Waals surface area (Å²) in [5.41, 5.74) is 6.75. The number of ether oxygens (including phenoxy) is 3. The van der Waals surface area contributed by atoms with Crippen LogP contribution in [0, 0.1) is 0 Å². The number of morpholine rings is 3. The lowest BCUT2D eigenvalue weighted by Crippen LogP contribution is -2.53. The molecule has 51 heavy (non-hydrogen) atoms. The van der Waals surface area contributed by atoms with E-state index in [1.165, 1.54) is 40.0 Å². The van der Waals surface area contributed by atoms with E-state index in [1.54, 1.807) is 0 Å². The molecule has 3 fully saturated rings. The van der Waals surface area contributed by atoms with Gasteiger partial charge in [0, 0.05) is 61.7 Å². The topological polar surface area (TPSA) is 57.7 Å². The summed E-state index contributed by atoms with van der Waals surface area (Å²) < 4.78 is 17.0. The van der Waals surface area contributed by atoms with Gasteiger partial charge in [-0.3, -0.25) is 4.90 Å². The Morgan fingerprint density at radius 2 is 0.902 bits per heavy atom. The highest BCUT2D eigenvalue weighted by Gasteiger charge is 2.46. The van der Waals surface area contributed by atoms with Crippen LogP contribution in [-0.4, -0.2) is 110 Å². The Hall–Kier alpha value is -4.21. The van der Waals surface area contributed by atoms with Crippen LogP contribution in [0.2, 0.25) is 0 Å². The number of carbonyl (C=O) groups excluding carboxylic acids is 1. The minimum Gasteiger partial charge on any atom is -0.378 e. The van der Waals surface area contributed by atoms with E-state index >= 15 is 0 Å². The summed E-state index contributed by atoms with van der Waals surface area (Å²) >= 11 is 0. The molecule has 0 aromatic heterocycles. The van der Waals surface area contributed by atoms with Crippen molar-refractivity contribution in [2.45, 2.75) is 23.8 Å². The maximum absolute atomic E-state index is 13.7. The van der Waals surface area contributed by atoms with Crippen LogP contribution < -0.4 is 14.7 Å². The summed E-state index contributed by atoms with van der Waals surface area (Å²) in [7, 11) is 4.10. The summed E-state index contributed by atoms with van der Waals surface area (Å²) in [6, 6.07) is 37.8. The van der Waals surface area contributed by atoms with Crippen molar-refractivity contribution < 1.29 is 19.0 Å². The first-order chi connectivity index (χ1) is 25.0. The first kappa shape index (κ1) is 35.2. The maximum atomic E-state index is 13.7. The molecule has 3 aliphatic heterocycles. The molecule has 4 aromatic carbocycles. The van der Waals surface area contributed by atoms with E-state index < -0.39 is 11.0 Å². The third-order valence-electron chi connectivity index (χ3n) is 11.2. The minimum atomic E-state index is -0.810. The molecular weight excluding hydrogens is 636 g/mol. The number of anilines is 3. The molecule has 0 amide bonds. The number of rotatable bonds is 12. The second-order valence-electron chi connectivity index (χ2n) is 14.3. The van der Waals surface area contributed by atoms with Crippen molar-refractivity contribution in [1.29, 1.82) is 0 Å². The van der Waals surface area contributed by atoms with Crippen LogP contribution in [0.4, 0.5) is 17.1 Å². The Labute approximate surface area is 303 Å². The van der Waals surface area contributed by atoms with Crippen molar-refractivity contribution in [3.8, 4) is 0 Å². The number of carbonyl (C=O) groups is 1. The van der Waals surface area contributed by atoms with Gasteiger partial charge in [0.25, 0.3) is 0 Å². The average molecular weight is 689 g/mol. The van der Waals surface area contributed by atoms with Gasteiger partial charge in [0.2, 0.25) is 0 Å². The number of hydrogen-bond donors (Lipinski definition) is 0. The molecule has 0 saturated carbocycles. The molecular formula is C43H52N4O4. The summed E-state index contributed by atoms with van der Waals surface area (Å²) in [6.45, 7) is 9.69. The van der Waals surface area contributed by atoms with Gasteiger partial charge in [-0.05, 0) is 85.6 Å². The Kier molecular flexibility index (Phi) is 11.0. The van der Waals surface area contributed by atoms with Gasteiger partial charge < -0.3 is 33.7 Å². The molecule has 1 atom stereocenters. The van der Waals surface area contributed by atoms with Crippen LogP contribution in [-0.2, 0) is 30.8 Å². The average Bonchev–Trinajstić information content (AvgIpc) is 3.21. The van der Waals surface area contributed by atoms with E-state index in [4.69, 9.17) is 14.2 Å². The van der Waals surface area contributed by atoms with Crippen LogP contribution in [0.15, 0.2) is 103 Å². The molecule has 0 N–H and O–H groups in total. The largest absolute Gasteiger partial charge is 0.378 e. The van der Waals surface area contributed by atoms with Crippen molar-refractivity contribution in [2.75, 3.05) is 108 Å². The van der Waals surface area contributed by atoms with Gasteiger partial charge in [0.1, 0.15) is 6.29 Å². The van der Waals surface area contributed by atoms with Gasteiger partial charge in [-0.15, -0.1) is 0 Å². The highest BCUT2D eigenvalue weighted by molar-refractivity contribution is 5.68. The first-order valence-corrected chi connectivity index (χ1v) is 18.5. The summed E-state index contributed by atoms with van der Waals surface area (Å²) in [4.78, 5) is 23.1. The molecule has 0 bridgehead atoms. The lowest BCUT2D eigenvalue weighted by atomic mass is 9.62. The Bertz CT molecular complexity index is 1530. The summed E-state index contributed by atoms with van der Waals surface area (Å²) in [6.07, 6.45) is 2.34. The SMILES string of the molecule is CN(C)C(C=O)(Cc1ccccc1)CC(c1ccc(N2CCOCC2)cc1)(c1ccc(N2CCOCC2)cc1)c1ccc(N2CCOCC2)cc1. The fourth-order valence-corrected chi connectivity index (χ4v) is 8.12. The van der Waals surface area contributed by atoms with E-state index in [0.717, 1.165) is 84.5 Å². The molecule has 8 nitrogen and oxygen atoms in total. The Morgan fingerprint density at radius 1 is 0.549 bits per heavy atom. The van der Waals surface area contributed by atoms with Crippen molar-refractivity contribution in [1.82, 2.24) is 4.90 Å². The summed E-state index contributed by atoms with van der Waals surface area (Å²) in [5.74, 6) is 0. The van der Waals surface area contributed by atoms with Crippen LogP contribution in [0.1, 0.15) is 28.7 Å². The quantitative estimate of drug-likeness (QED) is 0.140. The molecule has 3 heterocycles. The third kappa shape index (κ3) is 7.56. The van der Waals surface area contributed by atoms with Crippen LogP contribution in [0.25, 0.3) is 0 Å². The fourth-order valence-electron chi connectivity index (χ4n) is 8.12. The van der Waals surface area contributed by atoms with Gasteiger partial charge in [-0.2, -0.15) is 0 Å². The van der Waals surface area contributed by atoms with E-state index in [0.29, 0.717) is 12.8 Å². The first-order valence-electron chi connectivity index (χ1n) is 18.5. The van der Waals surface area contributed by atoms with Crippen LogP contribution in [0.5, 0.6) is 0 Å². The number of hydrogen-bond acceptors (Lipinski definition) is 8. The van der Waals surface area contributed by atoms with Crippen molar-refractivity contribution >= 4 is 23.3 Å². The third-order valence-corrected chi connectivity index (χ3v) is 11.2. The normalized spacial score (nSPS) is 18.5. The van der Waals surface area contributed by atoms with Crippen molar-refractivity contribution in [3.05, 3.63) is 125 Å². The Morgan fingerprint density at radius 3 is 1.22 bits per heavy atom. The number of aldehydes is 1. The van der Waals surface area contributed by atoms with Gasteiger partial charge in [0.15, 0.2) is 0 Å². The molecule has 3 aliphatic rings. The number of nitrogens with zero attached hydrogens (tertiary/aromatic N) is 4. The Balaban J connectivity index is 1.40. The highest BCUT2D eigenvalue weighted by Crippen LogP contribution is 2.48. The summed E-state index contributed by atoms with van der Waals surface area (Å²) in [5, 5.41) is 0. The molecule has 0 spiro atoms. The molecule has 4 aromatic rings. The zero-order valence-electron chi connectivity index (χ0n) is 30.2. The van der Waals surface area contributed by atoms with E-state index in [2.05, 4.69) is 117 Å². The van der Waals surface area contributed by atoms with Crippen molar-refractivity contribution in [2.24, 2.45) is 0 Å². The molecule has 0 radical (unpaired) electrons. The van der Waals surface area contributed by atoms with Crippen LogP contribution in [0.3, 0.4) is 0 Å². The predicted molar refractivity (Wildman–Crippen MR) is 206 cm³/mol. The smallest absolute Gasteiger partial charge is 0.140 e. The van der Waals surface area contributed by atoms with Gasteiger partial charge in [-0.25, -0.2) is 0 Å². The van der Waals surface area contributed by atoms with Crippen molar-refractivity contribution in [3.63, 3.8) is 0 Å². The molecule has 268 valence electrons. The lowest BCUT2D eigenvalue weighted by Gasteiger charge is -2.46.